The van der Waals surface area contributed by atoms with Crippen molar-refractivity contribution in [2.45, 2.75) is 31.6 Å². The maximum Gasteiger partial charge on any atom is 0.416 e. The van der Waals surface area contributed by atoms with Gasteiger partial charge in [0.1, 0.15) is 17.7 Å². The number of quaternary nitrogens is 1. The summed E-state index contributed by atoms with van der Waals surface area (Å²) in [6.45, 7) is 1.92. The fraction of sp³-hybridized carbons (Fsp3) is 0.217. The first-order chi connectivity index (χ1) is 13.7. The lowest BCUT2D eigenvalue weighted by Crippen LogP contribution is -2.90. The van der Waals surface area contributed by atoms with Crippen LogP contribution in [0.5, 0.6) is 0 Å². The van der Waals surface area contributed by atoms with Crippen molar-refractivity contribution in [2.75, 3.05) is 0 Å². The Hall–Kier alpha value is -2.73. The Kier molecular flexibility index (Phi) is 6.33. The van der Waals surface area contributed by atoms with Crippen LogP contribution in [0.3, 0.4) is 0 Å². The number of hydrogen-bond donors (Lipinski definition) is 1. The number of halogens is 5. The van der Waals surface area contributed by atoms with Crippen molar-refractivity contribution in [3.63, 3.8) is 0 Å². The summed E-state index contributed by atoms with van der Waals surface area (Å²) in [5.41, 5.74) is 1.57. The average Bonchev–Trinajstić information content (AvgIpc) is 2.67. The van der Waals surface area contributed by atoms with Crippen LogP contribution in [-0.2, 0) is 12.6 Å². The normalized spacial score (nSPS) is 12.9. The molecule has 3 rings (SSSR count). The molecule has 0 aromatic heterocycles. The van der Waals surface area contributed by atoms with E-state index in [2.05, 4.69) is 0 Å². The topological polar surface area (TPSA) is 16.6 Å². The molecule has 3 aromatic rings. The predicted molar refractivity (Wildman–Crippen MR) is 101 cm³/mol. The van der Waals surface area contributed by atoms with E-state index in [4.69, 9.17) is 0 Å². The van der Waals surface area contributed by atoms with Crippen LogP contribution in [0.2, 0.25) is 0 Å². The molecule has 1 atom stereocenters. The Balaban J connectivity index is 1.82. The molecule has 0 amide bonds. The minimum absolute atomic E-state index is 0.0708. The molecular formula is C23H21F5N+. The van der Waals surface area contributed by atoms with Crippen LogP contribution in [0.25, 0.3) is 0 Å². The third-order valence-corrected chi connectivity index (χ3v) is 4.79. The summed E-state index contributed by atoms with van der Waals surface area (Å²) in [5, 5.41) is 2.00. The van der Waals surface area contributed by atoms with Gasteiger partial charge in [0.05, 0.1) is 11.6 Å². The molecule has 0 aliphatic rings. The highest BCUT2D eigenvalue weighted by Gasteiger charge is 2.30. The average molecular weight is 406 g/mol. The summed E-state index contributed by atoms with van der Waals surface area (Å²) in [6.07, 6.45) is -3.96. The molecule has 0 saturated heterocycles. The van der Waals surface area contributed by atoms with E-state index in [0.717, 1.165) is 23.3 Å². The summed E-state index contributed by atoms with van der Waals surface area (Å²) in [5.74, 6) is -0.716. The van der Waals surface area contributed by atoms with Crippen molar-refractivity contribution < 1.29 is 27.3 Å². The van der Waals surface area contributed by atoms with Gasteiger partial charge in [0, 0.05) is 17.5 Å². The van der Waals surface area contributed by atoms with Gasteiger partial charge in [-0.15, -0.1) is 0 Å². The van der Waals surface area contributed by atoms with Gasteiger partial charge in [-0.3, -0.25) is 0 Å². The van der Waals surface area contributed by atoms with Gasteiger partial charge < -0.3 is 5.32 Å². The van der Waals surface area contributed by atoms with E-state index in [1.807, 2.05) is 12.2 Å². The monoisotopic (exact) mass is 406 g/mol. The summed E-state index contributed by atoms with van der Waals surface area (Å²) in [4.78, 5) is 0. The third kappa shape index (κ3) is 5.64. The molecule has 3 aromatic carbocycles. The quantitative estimate of drug-likeness (QED) is 0.538. The summed E-state index contributed by atoms with van der Waals surface area (Å²) < 4.78 is 65.5. The molecule has 0 spiro atoms. The van der Waals surface area contributed by atoms with Crippen LogP contribution >= 0.6 is 0 Å². The zero-order chi connectivity index (χ0) is 21.0. The highest BCUT2D eigenvalue weighted by molar-refractivity contribution is 5.30. The Morgan fingerprint density at radius 2 is 1.31 bits per heavy atom. The van der Waals surface area contributed by atoms with Crippen molar-refractivity contribution in [2.24, 2.45) is 0 Å². The van der Waals surface area contributed by atoms with Crippen molar-refractivity contribution >= 4 is 0 Å². The fourth-order valence-electron chi connectivity index (χ4n) is 3.40. The van der Waals surface area contributed by atoms with Crippen LogP contribution < -0.4 is 5.32 Å². The molecule has 29 heavy (non-hydrogen) atoms. The lowest BCUT2D eigenvalue weighted by molar-refractivity contribution is -0.716. The Morgan fingerprint density at radius 3 is 1.79 bits per heavy atom. The molecule has 0 bridgehead atoms. The first-order valence-electron chi connectivity index (χ1n) is 9.24. The Labute approximate surface area is 166 Å². The van der Waals surface area contributed by atoms with E-state index in [1.54, 1.807) is 30.3 Å². The van der Waals surface area contributed by atoms with Gasteiger partial charge in [-0.05, 0) is 67.1 Å². The van der Waals surface area contributed by atoms with Gasteiger partial charge in [-0.1, -0.05) is 18.2 Å². The Morgan fingerprint density at radius 1 is 0.793 bits per heavy atom. The zero-order valence-electron chi connectivity index (χ0n) is 15.8. The van der Waals surface area contributed by atoms with Gasteiger partial charge in [-0.2, -0.15) is 13.2 Å². The maximum atomic E-state index is 13.3. The highest BCUT2D eigenvalue weighted by Crippen LogP contribution is 2.29. The summed E-state index contributed by atoms with van der Waals surface area (Å²) in [6, 6.07) is 17.1. The highest BCUT2D eigenvalue weighted by atomic mass is 19.4. The van der Waals surface area contributed by atoms with Gasteiger partial charge in [0.2, 0.25) is 0 Å². The lowest BCUT2D eigenvalue weighted by Gasteiger charge is -2.21. The molecule has 0 fully saturated rings. The van der Waals surface area contributed by atoms with Crippen molar-refractivity contribution in [1.29, 1.82) is 0 Å². The van der Waals surface area contributed by atoms with Gasteiger partial charge in [0.15, 0.2) is 0 Å². The third-order valence-electron chi connectivity index (χ3n) is 4.79. The van der Waals surface area contributed by atoms with Crippen LogP contribution in [0, 0.1) is 11.6 Å². The minimum atomic E-state index is -4.38. The number of hydrogen-bond acceptors (Lipinski definition) is 0. The van der Waals surface area contributed by atoms with Crippen molar-refractivity contribution in [3.05, 3.63) is 107 Å². The van der Waals surface area contributed by atoms with Crippen molar-refractivity contribution in [3.8, 4) is 0 Å². The second-order valence-corrected chi connectivity index (χ2v) is 7.15. The van der Waals surface area contributed by atoms with Gasteiger partial charge >= 0.3 is 6.18 Å². The van der Waals surface area contributed by atoms with Crippen LogP contribution in [0.4, 0.5) is 22.0 Å². The summed E-state index contributed by atoms with van der Waals surface area (Å²) >= 11 is 0. The largest absolute Gasteiger partial charge is 0.416 e. The molecule has 0 radical (unpaired) electrons. The van der Waals surface area contributed by atoms with Crippen LogP contribution in [0.1, 0.15) is 35.2 Å². The standard InChI is InChI=1S/C23H20F5N/c1-15(13-16-3-2-4-19(14-16)23(26,27)28)29-22(17-5-9-20(24)10-6-17)18-7-11-21(25)12-8-18/h2-12,14-15,22,29H,13H2,1H3/p+1/t15-/m1/s1. The van der Waals surface area contributed by atoms with Crippen molar-refractivity contribution in [1.82, 2.24) is 0 Å². The predicted octanol–water partition coefficient (Wildman–Crippen LogP) is 5.27. The molecule has 2 N–H and O–H groups in total. The van der Waals surface area contributed by atoms with E-state index in [9.17, 15) is 22.0 Å². The first-order valence-corrected chi connectivity index (χ1v) is 9.24. The van der Waals surface area contributed by atoms with E-state index in [-0.39, 0.29) is 23.7 Å². The lowest BCUT2D eigenvalue weighted by atomic mass is 9.96. The SMILES string of the molecule is C[C@H](Cc1cccc(C(F)(F)F)c1)[NH2+]C(c1ccc(F)cc1)c1ccc(F)cc1. The van der Waals surface area contributed by atoms with Crippen LogP contribution in [-0.4, -0.2) is 6.04 Å². The first kappa shape index (κ1) is 21.0. The van der Waals surface area contributed by atoms with Crippen LogP contribution in [0.15, 0.2) is 72.8 Å². The van der Waals surface area contributed by atoms with E-state index >= 15 is 0 Å². The molecule has 1 nitrogen and oxygen atoms in total. The molecule has 0 aliphatic heterocycles. The smallest absolute Gasteiger partial charge is 0.334 e. The Bertz CT molecular complexity index is 887. The number of rotatable bonds is 6. The van der Waals surface area contributed by atoms with Gasteiger partial charge in [0.25, 0.3) is 0 Å². The number of alkyl halides is 3. The minimum Gasteiger partial charge on any atom is -0.334 e. The molecule has 0 aliphatic carbocycles. The maximum absolute atomic E-state index is 13.3. The van der Waals surface area contributed by atoms with E-state index < -0.39 is 11.7 Å². The number of benzene rings is 3. The molecule has 152 valence electrons. The fourth-order valence-corrected chi connectivity index (χ4v) is 3.40. The number of nitrogens with two attached hydrogens (primary N) is 1. The molecule has 0 unspecified atom stereocenters. The van der Waals surface area contributed by atoms with E-state index in [1.165, 1.54) is 30.3 Å². The second-order valence-electron chi connectivity index (χ2n) is 7.15. The van der Waals surface area contributed by atoms with E-state index in [0.29, 0.717) is 12.0 Å². The molecular weight excluding hydrogens is 385 g/mol. The summed E-state index contributed by atoms with van der Waals surface area (Å²) in [7, 11) is 0. The zero-order valence-corrected chi connectivity index (χ0v) is 15.8. The molecule has 6 heteroatoms. The molecule has 0 saturated carbocycles. The molecule has 0 heterocycles. The van der Waals surface area contributed by atoms with Gasteiger partial charge in [-0.25, -0.2) is 8.78 Å². The second kappa shape index (κ2) is 8.74.